The molecule has 0 radical (unpaired) electrons. The molecule has 9 heteroatoms. The highest BCUT2D eigenvalue weighted by molar-refractivity contribution is 5.85. The number of halogens is 1. The van der Waals surface area contributed by atoms with Gasteiger partial charge in [0.05, 0.1) is 11.2 Å². The third-order valence-electron chi connectivity index (χ3n) is 3.84. The van der Waals surface area contributed by atoms with Crippen LogP contribution in [0.4, 0.5) is 0 Å². The monoisotopic (exact) mass is 319 g/mol. The number of rotatable bonds is 3. The quantitative estimate of drug-likeness (QED) is 0.778. The number of aromatic nitrogens is 6. The van der Waals surface area contributed by atoms with Crippen molar-refractivity contribution in [3.05, 3.63) is 36.4 Å². The highest BCUT2D eigenvalue weighted by Gasteiger charge is 2.39. The lowest BCUT2D eigenvalue weighted by Gasteiger charge is -2.34. The van der Waals surface area contributed by atoms with Gasteiger partial charge < -0.3 is 10.3 Å². The molecule has 3 aromatic rings. The van der Waals surface area contributed by atoms with Crippen LogP contribution in [0.1, 0.15) is 25.1 Å². The van der Waals surface area contributed by atoms with Crippen LogP contribution in [-0.2, 0) is 5.54 Å². The Hall–Kier alpha value is -2.32. The molecule has 0 aliphatic heterocycles. The van der Waals surface area contributed by atoms with E-state index < -0.39 is 5.54 Å². The zero-order valence-electron chi connectivity index (χ0n) is 11.6. The maximum atomic E-state index is 6.19. The molecule has 2 heterocycles. The van der Waals surface area contributed by atoms with Crippen LogP contribution in [0.25, 0.3) is 17.1 Å². The SMILES string of the molecule is Cl.NC1(c2noc(-c3ccc(-n4cnnn4)cc3)n2)CCC1. The summed E-state index contributed by atoms with van der Waals surface area (Å²) in [6.45, 7) is 0. The first-order valence-electron chi connectivity index (χ1n) is 6.71. The molecule has 8 nitrogen and oxygen atoms in total. The Balaban J connectivity index is 0.00000144. The van der Waals surface area contributed by atoms with Gasteiger partial charge >= 0.3 is 0 Å². The minimum Gasteiger partial charge on any atom is -0.334 e. The van der Waals surface area contributed by atoms with Gasteiger partial charge in [-0.2, -0.15) is 4.98 Å². The van der Waals surface area contributed by atoms with Crippen LogP contribution in [0.5, 0.6) is 0 Å². The lowest BCUT2D eigenvalue weighted by molar-refractivity contribution is 0.229. The van der Waals surface area contributed by atoms with Gasteiger partial charge in [0, 0.05) is 5.56 Å². The highest BCUT2D eigenvalue weighted by atomic mass is 35.5. The Labute approximate surface area is 132 Å². The van der Waals surface area contributed by atoms with Crippen molar-refractivity contribution in [2.75, 3.05) is 0 Å². The molecule has 2 N–H and O–H groups in total. The van der Waals surface area contributed by atoms with Crippen molar-refractivity contribution in [1.82, 2.24) is 30.3 Å². The van der Waals surface area contributed by atoms with E-state index in [0.717, 1.165) is 30.5 Å². The molecular formula is C13H14ClN7O. The summed E-state index contributed by atoms with van der Waals surface area (Å²) < 4.78 is 6.89. The molecule has 4 rings (SSSR count). The molecule has 1 aliphatic rings. The van der Waals surface area contributed by atoms with Crippen LogP contribution in [0, 0.1) is 0 Å². The van der Waals surface area contributed by atoms with Crippen molar-refractivity contribution in [3.8, 4) is 17.1 Å². The van der Waals surface area contributed by atoms with Gasteiger partial charge in [-0.05, 0) is 54.0 Å². The molecule has 0 amide bonds. The van der Waals surface area contributed by atoms with Crippen LogP contribution >= 0.6 is 12.4 Å². The molecule has 0 atom stereocenters. The van der Waals surface area contributed by atoms with Crippen molar-refractivity contribution < 1.29 is 4.52 Å². The van der Waals surface area contributed by atoms with Crippen LogP contribution < -0.4 is 5.73 Å². The van der Waals surface area contributed by atoms with Gasteiger partial charge in [0.1, 0.15) is 6.33 Å². The molecule has 1 aliphatic carbocycles. The number of hydrogen-bond donors (Lipinski definition) is 1. The Morgan fingerprint density at radius 2 is 1.95 bits per heavy atom. The summed E-state index contributed by atoms with van der Waals surface area (Å²) in [5.74, 6) is 1.07. The molecule has 1 fully saturated rings. The number of hydrogen-bond acceptors (Lipinski definition) is 7. The van der Waals surface area contributed by atoms with Gasteiger partial charge in [0.2, 0.25) is 0 Å². The van der Waals surface area contributed by atoms with E-state index in [2.05, 4.69) is 25.7 Å². The van der Waals surface area contributed by atoms with Crippen molar-refractivity contribution in [2.45, 2.75) is 24.8 Å². The molecular weight excluding hydrogens is 306 g/mol. The minimum atomic E-state index is -0.409. The highest BCUT2D eigenvalue weighted by Crippen LogP contribution is 2.37. The van der Waals surface area contributed by atoms with Crippen molar-refractivity contribution in [2.24, 2.45) is 5.73 Å². The fourth-order valence-corrected chi connectivity index (χ4v) is 2.36. The molecule has 22 heavy (non-hydrogen) atoms. The van der Waals surface area contributed by atoms with Crippen molar-refractivity contribution >= 4 is 12.4 Å². The normalized spacial score (nSPS) is 15.9. The lowest BCUT2D eigenvalue weighted by Crippen LogP contribution is -2.44. The van der Waals surface area contributed by atoms with Crippen molar-refractivity contribution in [1.29, 1.82) is 0 Å². The number of tetrazole rings is 1. The average Bonchev–Trinajstić information content (AvgIpc) is 3.16. The summed E-state index contributed by atoms with van der Waals surface area (Å²) >= 11 is 0. The van der Waals surface area contributed by atoms with Crippen LogP contribution in [0.3, 0.4) is 0 Å². The topological polar surface area (TPSA) is 109 Å². The van der Waals surface area contributed by atoms with Gasteiger partial charge in [-0.15, -0.1) is 17.5 Å². The van der Waals surface area contributed by atoms with E-state index in [1.807, 2.05) is 24.3 Å². The standard InChI is InChI=1S/C13H13N7O.ClH/c14-13(6-1-7-13)12-16-11(21-17-12)9-2-4-10(5-3-9)20-8-15-18-19-20;/h2-5,8H,1,6-7,14H2;1H. The molecule has 0 saturated heterocycles. The van der Waals surface area contributed by atoms with E-state index >= 15 is 0 Å². The zero-order chi connectivity index (χ0) is 14.3. The second-order valence-electron chi connectivity index (χ2n) is 5.23. The third kappa shape index (κ3) is 2.36. The summed E-state index contributed by atoms with van der Waals surface area (Å²) in [6.07, 6.45) is 4.46. The summed E-state index contributed by atoms with van der Waals surface area (Å²) in [5, 5.41) is 15.0. The maximum absolute atomic E-state index is 6.19. The van der Waals surface area contributed by atoms with Gasteiger partial charge in [0.15, 0.2) is 5.82 Å². The first kappa shape index (κ1) is 14.6. The van der Waals surface area contributed by atoms with Gasteiger partial charge in [0.25, 0.3) is 5.89 Å². The summed E-state index contributed by atoms with van der Waals surface area (Å²) in [5.41, 5.74) is 7.48. The molecule has 0 unspecified atom stereocenters. The first-order valence-corrected chi connectivity index (χ1v) is 6.71. The minimum absolute atomic E-state index is 0. The Morgan fingerprint density at radius 1 is 1.18 bits per heavy atom. The summed E-state index contributed by atoms with van der Waals surface area (Å²) in [4.78, 5) is 4.42. The summed E-state index contributed by atoms with van der Waals surface area (Å²) in [6, 6.07) is 7.55. The molecule has 0 spiro atoms. The lowest BCUT2D eigenvalue weighted by atomic mass is 9.77. The fraction of sp³-hybridized carbons (Fsp3) is 0.308. The second-order valence-corrected chi connectivity index (χ2v) is 5.23. The smallest absolute Gasteiger partial charge is 0.257 e. The Bertz CT molecular complexity index is 749. The first-order chi connectivity index (χ1) is 10.2. The molecule has 0 bridgehead atoms. The Morgan fingerprint density at radius 3 is 2.55 bits per heavy atom. The van der Waals surface area contributed by atoms with Gasteiger partial charge in [-0.3, -0.25) is 0 Å². The van der Waals surface area contributed by atoms with E-state index in [0.29, 0.717) is 11.7 Å². The molecule has 2 aromatic heterocycles. The van der Waals surface area contributed by atoms with E-state index in [1.54, 1.807) is 4.68 Å². The Kier molecular flexibility index (Phi) is 3.63. The predicted octanol–water partition coefficient (Wildman–Crippen LogP) is 1.47. The third-order valence-corrected chi connectivity index (χ3v) is 3.84. The molecule has 114 valence electrons. The van der Waals surface area contributed by atoms with E-state index in [4.69, 9.17) is 10.3 Å². The van der Waals surface area contributed by atoms with Crippen LogP contribution in [0.15, 0.2) is 35.1 Å². The van der Waals surface area contributed by atoms with Crippen molar-refractivity contribution in [3.63, 3.8) is 0 Å². The van der Waals surface area contributed by atoms with E-state index in [1.165, 1.54) is 6.33 Å². The largest absolute Gasteiger partial charge is 0.334 e. The molecule has 1 aromatic carbocycles. The number of nitrogens with two attached hydrogens (primary N) is 1. The van der Waals surface area contributed by atoms with Gasteiger partial charge in [-0.1, -0.05) is 5.16 Å². The number of benzene rings is 1. The fourth-order valence-electron chi connectivity index (χ4n) is 2.36. The van der Waals surface area contributed by atoms with E-state index in [9.17, 15) is 0 Å². The van der Waals surface area contributed by atoms with Gasteiger partial charge in [-0.25, -0.2) is 4.68 Å². The molecule has 1 saturated carbocycles. The van der Waals surface area contributed by atoms with Crippen LogP contribution in [-0.4, -0.2) is 30.3 Å². The summed E-state index contributed by atoms with van der Waals surface area (Å²) in [7, 11) is 0. The number of nitrogens with zero attached hydrogens (tertiary/aromatic N) is 6. The average molecular weight is 320 g/mol. The maximum Gasteiger partial charge on any atom is 0.257 e. The zero-order valence-corrected chi connectivity index (χ0v) is 12.4. The predicted molar refractivity (Wildman–Crippen MR) is 79.4 cm³/mol. The second kappa shape index (κ2) is 5.47. The van der Waals surface area contributed by atoms with Crippen LogP contribution in [0.2, 0.25) is 0 Å². The van der Waals surface area contributed by atoms with E-state index in [-0.39, 0.29) is 12.4 Å².